The number of allylic oxidation sites excluding steroid dienone is 1. The topological polar surface area (TPSA) is 97.6 Å². The van der Waals surface area contributed by atoms with Crippen molar-refractivity contribution in [2.24, 2.45) is 4.99 Å². The molecule has 2 heterocycles. The number of nitrogens with zero attached hydrogens (tertiary/aromatic N) is 2. The van der Waals surface area contributed by atoms with E-state index in [2.05, 4.69) is 4.99 Å². The van der Waals surface area contributed by atoms with Crippen LogP contribution in [-0.4, -0.2) is 44.1 Å². The Hall–Kier alpha value is -3.76. The number of methoxy groups -OCH3 is 2. The highest BCUT2D eigenvalue weighted by molar-refractivity contribution is 7.07. The largest absolute Gasteiger partial charge is 0.493 e. The second-order valence-electron chi connectivity index (χ2n) is 9.35. The maximum absolute atomic E-state index is 14.0. The zero-order valence-corrected chi connectivity index (χ0v) is 25.6. The summed E-state index contributed by atoms with van der Waals surface area (Å²) in [5, 5.41) is 0.353. The predicted molar refractivity (Wildman–Crippen MR) is 158 cm³/mol. The first-order valence-corrected chi connectivity index (χ1v) is 14.4. The fourth-order valence-electron chi connectivity index (χ4n) is 4.60. The minimum Gasteiger partial charge on any atom is -0.493 e. The van der Waals surface area contributed by atoms with Crippen molar-refractivity contribution in [2.45, 2.75) is 46.8 Å². The fourth-order valence-corrected chi connectivity index (χ4v) is 5.94. The molecule has 0 spiro atoms. The molecular weight excluding hydrogens is 568 g/mol. The van der Waals surface area contributed by atoms with Crippen LogP contribution in [0.2, 0.25) is 5.02 Å². The minimum absolute atomic E-state index is 0.0700. The Morgan fingerprint density at radius 3 is 2.49 bits per heavy atom. The first kappa shape index (κ1) is 30.2. The summed E-state index contributed by atoms with van der Waals surface area (Å²) in [6.45, 7) is 9.76. The predicted octanol–water partition coefficient (Wildman–Crippen LogP) is 4.65. The number of fused-ring (bicyclic) bond motifs is 1. The van der Waals surface area contributed by atoms with E-state index in [9.17, 15) is 9.59 Å². The molecule has 0 bridgehead atoms. The Balaban J connectivity index is 1.94. The molecule has 4 rings (SSSR count). The van der Waals surface area contributed by atoms with Crippen LogP contribution in [0.1, 0.15) is 51.8 Å². The molecule has 218 valence electrons. The quantitative estimate of drug-likeness (QED) is 0.312. The third kappa shape index (κ3) is 6.13. The first-order valence-electron chi connectivity index (χ1n) is 13.2. The second-order valence-corrected chi connectivity index (χ2v) is 10.8. The lowest BCUT2D eigenvalue weighted by atomic mass is 9.95. The molecule has 41 heavy (non-hydrogen) atoms. The Labute approximate surface area is 247 Å². The van der Waals surface area contributed by atoms with Gasteiger partial charge in [-0.3, -0.25) is 9.36 Å². The third-order valence-corrected chi connectivity index (χ3v) is 7.48. The molecule has 3 aromatic rings. The van der Waals surface area contributed by atoms with E-state index < -0.39 is 12.0 Å². The molecule has 0 saturated carbocycles. The molecular formula is C30H33ClN2O7S. The molecule has 0 saturated heterocycles. The summed E-state index contributed by atoms with van der Waals surface area (Å²) < 4.78 is 29.9. The van der Waals surface area contributed by atoms with Gasteiger partial charge in [0.1, 0.15) is 0 Å². The van der Waals surface area contributed by atoms with Crippen LogP contribution >= 0.6 is 22.9 Å². The summed E-state index contributed by atoms with van der Waals surface area (Å²) in [4.78, 5) is 32.3. The number of carbonyl (C=O) groups is 1. The van der Waals surface area contributed by atoms with Gasteiger partial charge in [-0.1, -0.05) is 29.0 Å². The summed E-state index contributed by atoms with van der Waals surface area (Å²) >= 11 is 7.67. The summed E-state index contributed by atoms with van der Waals surface area (Å²) in [5.74, 6) is 1.38. The molecule has 0 unspecified atom stereocenters. The van der Waals surface area contributed by atoms with Gasteiger partial charge in [-0.05, 0) is 76.1 Å². The van der Waals surface area contributed by atoms with Crippen molar-refractivity contribution in [3.63, 3.8) is 0 Å². The van der Waals surface area contributed by atoms with Crippen molar-refractivity contribution in [1.29, 1.82) is 0 Å². The van der Waals surface area contributed by atoms with Gasteiger partial charge in [0.05, 0.1) is 60.4 Å². The number of benzene rings is 2. The Morgan fingerprint density at radius 1 is 1.10 bits per heavy atom. The average Bonchev–Trinajstić information content (AvgIpc) is 3.22. The standard InChI is InChI=1S/C30H33ClN2O7S/c1-8-38-23-13-18(12-20(31)27(23)37-7)14-24-28(34)33-26(19-10-11-21(40-16(3)4)22(15-19)36-6)25(29(35)39-9-2)17(5)32-30(33)41-24/h10-16,26H,8-9H2,1-7H3/b24-14-/t26-/m0/s1. The van der Waals surface area contributed by atoms with Gasteiger partial charge in [0, 0.05) is 0 Å². The number of thiazole rings is 1. The van der Waals surface area contributed by atoms with E-state index in [1.54, 1.807) is 51.3 Å². The number of esters is 1. The number of aromatic nitrogens is 1. The van der Waals surface area contributed by atoms with Crippen LogP contribution in [0.15, 0.2) is 51.4 Å². The SMILES string of the molecule is CCOC(=O)C1=C(C)N=c2s/c(=C\c3cc(Cl)c(OC)c(OCC)c3)c(=O)n2[C@H]1c1ccc(OC(C)C)c(OC)c1. The van der Waals surface area contributed by atoms with E-state index in [-0.39, 0.29) is 23.8 Å². The van der Waals surface area contributed by atoms with Gasteiger partial charge in [-0.2, -0.15) is 0 Å². The van der Waals surface area contributed by atoms with E-state index in [0.29, 0.717) is 60.8 Å². The zero-order valence-electron chi connectivity index (χ0n) is 24.1. The lowest BCUT2D eigenvalue weighted by Gasteiger charge is -2.25. The van der Waals surface area contributed by atoms with Crippen LogP contribution in [0.3, 0.4) is 0 Å². The van der Waals surface area contributed by atoms with Gasteiger partial charge < -0.3 is 23.7 Å². The van der Waals surface area contributed by atoms with Gasteiger partial charge >= 0.3 is 5.97 Å². The summed E-state index contributed by atoms with van der Waals surface area (Å²) in [5.41, 5.74) is 1.72. The molecule has 1 aliphatic heterocycles. The van der Waals surface area contributed by atoms with Gasteiger partial charge in [0.25, 0.3) is 5.56 Å². The minimum atomic E-state index is -0.798. The number of hydrogen-bond acceptors (Lipinski definition) is 9. The lowest BCUT2D eigenvalue weighted by Crippen LogP contribution is -2.40. The number of hydrogen-bond donors (Lipinski definition) is 0. The maximum atomic E-state index is 14.0. The molecule has 11 heteroatoms. The van der Waals surface area contributed by atoms with E-state index in [1.807, 2.05) is 26.8 Å². The fraction of sp³-hybridized carbons (Fsp3) is 0.367. The van der Waals surface area contributed by atoms with Crippen LogP contribution < -0.4 is 33.8 Å². The Morgan fingerprint density at radius 2 is 1.85 bits per heavy atom. The second kappa shape index (κ2) is 12.8. The van der Waals surface area contributed by atoms with Gasteiger partial charge in [-0.15, -0.1) is 0 Å². The van der Waals surface area contributed by atoms with Crippen LogP contribution in [0, 0.1) is 0 Å². The Kier molecular flexibility index (Phi) is 9.45. The van der Waals surface area contributed by atoms with Crippen molar-refractivity contribution in [3.8, 4) is 23.0 Å². The number of halogens is 1. The molecule has 9 nitrogen and oxygen atoms in total. The first-order chi connectivity index (χ1) is 19.6. The molecule has 0 aliphatic carbocycles. The molecule has 0 fully saturated rings. The monoisotopic (exact) mass is 600 g/mol. The van der Waals surface area contributed by atoms with Crippen molar-refractivity contribution >= 4 is 35.0 Å². The summed E-state index contributed by atoms with van der Waals surface area (Å²) in [6.07, 6.45) is 1.65. The molecule has 1 aliphatic rings. The van der Waals surface area contributed by atoms with Gasteiger partial charge in [0.15, 0.2) is 27.8 Å². The lowest BCUT2D eigenvalue weighted by molar-refractivity contribution is -0.139. The van der Waals surface area contributed by atoms with Crippen molar-refractivity contribution in [1.82, 2.24) is 4.57 Å². The van der Waals surface area contributed by atoms with Crippen LogP contribution in [0.25, 0.3) is 6.08 Å². The third-order valence-electron chi connectivity index (χ3n) is 6.22. The molecule has 1 atom stereocenters. The summed E-state index contributed by atoms with van der Waals surface area (Å²) in [6, 6.07) is 8.03. The van der Waals surface area contributed by atoms with Crippen LogP contribution in [0.5, 0.6) is 23.0 Å². The van der Waals surface area contributed by atoms with E-state index >= 15 is 0 Å². The highest BCUT2D eigenvalue weighted by atomic mass is 35.5. The molecule has 0 amide bonds. The molecule has 2 aromatic carbocycles. The Bertz CT molecular complexity index is 1670. The molecule has 0 radical (unpaired) electrons. The van der Waals surface area contributed by atoms with E-state index in [0.717, 1.165) is 0 Å². The number of carbonyl (C=O) groups excluding carboxylic acids is 1. The summed E-state index contributed by atoms with van der Waals surface area (Å²) in [7, 11) is 3.06. The normalized spacial score (nSPS) is 15.0. The maximum Gasteiger partial charge on any atom is 0.338 e. The average molecular weight is 601 g/mol. The smallest absolute Gasteiger partial charge is 0.338 e. The van der Waals surface area contributed by atoms with Crippen molar-refractivity contribution in [2.75, 3.05) is 27.4 Å². The van der Waals surface area contributed by atoms with E-state index in [1.165, 1.54) is 23.0 Å². The van der Waals surface area contributed by atoms with Gasteiger partial charge in [-0.25, -0.2) is 9.79 Å². The van der Waals surface area contributed by atoms with Crippen LogP contribution in [0.4, 0.5) is 0 Å². The molecule has 0 N–H and O–H groups in total. The number of ether oxygens (including phenoxy) is 5. The number of rotatable bonds is 10. The van der Waals surface area contributed by atoms with Crippen molar-refractivity contribution in [3.05, 3.63) is 77.4 Å². The van der Waals surface area contributed by atoms with Gasteiger partial charge in [0.2, 0.25) is 0 Å². The highest BCUT2D eigenvalue weighted by Crippen LogP contribution is 2.38. The molecule has 1 aromatic heterocycles. The van der Waals surface area contributed by atoms with Crippen LogP contribution in [-0.2, 0) is 9.53 Å². The zero-order chi connectivity index (χ0) is 29.8. The van der Waals surface area contributed by atoms with Crippen molar-refractivity contribution < 1.29 is 28.5 Å². The van der Waals surface area contributed by atoms with E-state index in [4.69, 9.17) is 35.3 Å². The highest BCUT2D eigenvalue weighted by Gasteiger charge is 2.34.